The molecule has 1 aliphatic heterocycles. The summed E-state index contributed by atoms with van der Waals surface area (Å²) in [5, 5.41) is 8.85. The predicted molar refractivity (Wildman–Crippen MR) is 88.9 cm³/mol. The summed E-state index contributed by atoms with van der Waals surface area (Å²) >= 11 is 0. The van der Waals surface area contributed by atoms with Gasteiger partial charge in [-0.25, -0.2) is 9.97 Å². The van der Waals surface area contributed by atoms with Crippen LogP contribution in [0.3, 0.4) is 0 Å². The molecule has 0 saturated carbocycles. The highest BCUT2D eigenvalue weighted by Gasteiger charge is 2.19. The first kappa shape index (κ1) is 13.9. The van der Waals surface area contributed by atoms with Crippen molar-refractivity contribution in [1.29, 1.82) is 0 Å². The van der Waals surface area contributed by atoms with Gasteiger partial charge < -0.3 is 9.80 Å². The molecular weight excluding hydrogens is 290 g/mol. The lowest BCUT2D eigenvalue weighted by atomic mass is 10.2. The lowest BCUT2D eigenvalue weighted by Crippen LogP contribution is -2.47. The number of rotatable bonds is 2. The van der Waals surface area contributed by atoms with Crippen LogP contribution in [0, 0.1) is 13.8 Å². The second-order valence-electron chi connectivity index (χ2n) is 5.86. The fraction of sp³-hybridized carbons (Fsp3) is 0.375. The zero-order valence-corrected chi connectivity index (χ0v) is 13.3. The van der Waals surface area contributed by atoms with E-state index in [9.17, 15) is 0 Å². The third kappa shape index (κ3) is 2.69. The van der Waals surface area contributed by atoms with Gasteiger partial charge in [-0.3, -0.25) is 0 Å². The fourth-order valence-corrected chi connectivity index (χ4v) is 2.90. The molecule has 1 aliphatic rings. The number of pyridine rings is 1. The normalized spacial score (nSPS) is 15.4. The van der Waals surface area contributed by atoms with Crippen LogP contribution in [0.1, 0.15) is 11.4 Å². The van der Waals surface area contributed by atoms with Crippen LogP contribution in [0.2, 0.25) is 0 Å². The molecule has 7 heteroatoms. The van der Waals surface area contributed by atoms with E-state index in [4.69, 9.17) is 0 Å². The second-order valence-corrected chi connectivity index (χ2v) is 5.86. The first-order chi connectivity index (χ1) is 11.2. The molecular formula is C16H19N7. The molecule has 1 fully saturated rings. The van der Waals surface area contributed by atoms with Crippen LogP contribution in [-0.2, 0) is 0 Å². The quantitative estimate of drug-likeness (QED) is 0.714. The molecule has 4 heterocycles. The van der Waals surface area contributed by atoms with E-state index in [0.717, 1.165) is 49.3 Å². The van der Waals surface area contributed by atoms with Gasteiger partial charge in [0.1, 0.15) is 11.6 Å². The first-order valence-electron chi connectivity index (χ1n) is 7.82. The number of aromatic nitrogens is 5. The number of hydrogen-bond donors (Lipinski definition) is 0. The molecule has 0 aliphatic carbocycles. The van der Waals surface area contributed by atoms with Crippen LogP contribution in [0.4, 0.5) is 11.6 Å². The Bertz CT molecular complexity index is 833. The third-order valence-electron chi connectivity index (χ3n) is 4.13. The largest absolute Gasteiger partial charge is 0.353 e. The molecule has 0 spiro atoms. The minimum absolute atomic E-state index is 0.741. The third-order valence-corrected chi connectivity index (χ3v) is 4.13. The van der Waals surface area contributed by atoms with E-state index in [1.165, 1.54) is 5.56 Å². The first-order valence-corrected chi connectivity index (χ1v) is 7.82. The molecule has 23 heavy (non-hydrogen) atoms. The molecule has 3 aromatic heterocycles. The molecule has 0 radical (unpaired) electrons. The van der Waals surface area contributed by atoms with E-state index in [1.54, 1.807) is 4.63 Å². The number of hydrogen-bond acceptors (Lipinski definition) is 6. The SMILES string of the molecule is Cc1ccnc(N2CCN(c3ccc4nc(C)nn4n3)CC2)c1. The number of nitrogens with zero attached hydrogens (tertiary/aromatic N) is 7. The Balaban J connectivity index is 1.49. The van der Waals surface area contributed by atoms with Gasteiger partial charge in [0.25, 0.3) is 0 Å². The van der Waals surface area contributed by atoms with E-state index in [1.807, 2.05) is 31.3 Å². The standard InChI is InChI=1S/C16H19N7/c1-12-5-6-17-16(11-12)22-9-7-21(8-10-22)15-4-3-14-18-13(2)19-23(14)20-15/h3-6,11H,7-10H2,1-2H3. The van der Waals surface area contributed by atoms with Gasteiger partial charge in [0, 0.05) is 32.4 Å². The summed E-state index contributed by atoms with van der Waals surface area (Å²) < 4.78 is 1.61. The maximum atomic E-state index is 4.57. The van der Waals surface area contributed by atoms with Gasteiger partial charge in [-0.05, 0) is 43.7 Å². The molecule has 7 nitrogen and oxygen atoms in total. The van der Waals surface area contributed by atoms with Gasteiger partial charge in [-0.15, -0.1) is 14.8 Å². The molecule has 3 aromatic rings. The van der Waals surface area contributed by atoms with Crippen molar-refractivity contribution in [2.24, 2.45) is 0 Å². The van der Waals surface area contributed by atoms with Crippen molar-refractivity contribution < 1.29 is 0 Å². The Morgan fingerprint density at radius 3 is 2.35 bits per heavy atom. The van der Waals surface area contributed by atoms with Crippen molar-refractivity contribution in [2.75, 3.05) is 36.0 Å². The number of piperazine rings is 1. The lowest BCUT2D eigenvalue weighted by Gasteiger charge is -2.35. The van der Waals surface area contributed by atoms with Crippen molar-refractivity contribution in [2.45, 2.75) is 13.8 Å². The van der Waals surface area contributed by atoms with Gasteiger partial charge in [-0.2, -0.15) is 0 Å². The van der Waals surface area contributed by atoms with Crippen LogP contribution >= 0.6 is 0 Å². The maximum Gasteiger partial charge on any atom is 0.176 e. The summed E-state index contributed by atoms with van der Waals surface area (Å²) in [6, 6.07) is 8.15. The highest BCUT2D eigenvalue weighted by atomic mass is 15.5. The van der Waals surface area contributed by atoms with Crippen LogP contribution < -0.4 is 9.80 Å². The summed E-state index contributed by atoms with van der Waals surface area (Å²) in [5.41, 5.74) is 2.03. The molecule has 4 rings (SSSR count). The number of anilines is 2. The average Bonchev–Trinajstić information content (AvgIpc) is 2.94. The second kappa shape index (κ2) is 5.49. The van der Waals surface area contributed by atoms with Crippen molar-refractivity contribution >= 4 is 17.3 Å². The van der Waals surface area contributed by atoms with Gasteiger partial charge in [0.05, 0.1) is 0 Å². The van der Waals surface area contributed by atoms with Crippen molar-refractivity contribution in [3.63, 3.8) is 0 Å². The summed E-state index contributed by atoms with van der Waals surface area (Å²) in [7, 11) is 0. The topological polar surface area (TPSA) is 62.5 Å². The predicted octanol–water partition coefficient (Wildman–Crippen LogP) is 1.46. The Labute approximate surface area is 134 Å². The Morgan fingerprint density at radius 2 is 1.61 bits per heavy atom. The monoisotopic (exact) mass is 309 g/mol. The van der Waals surface area contributed by atoms with E-state index in [0.29, 0.717) is 0 Å². The Morgan fingerprint density at radius 1 is 0.870 bits per heavy atom. The minimum atomic E-state index is 0.741. The van der Waals surface area contributed by atoms with Crippen molar-refractivity contribution in [3.8, 4) is 0 Å². The van der Waals surface area contributed by atoms with E-state index in [-0.39, 0.29) is 0 Å². The van der Waals surface area contributed by atoms with Gasteiger partial charge in [-0.1, -0.05) is 0 Å². The van der Waals surface area contributed by atoms with Gasteiger partial charge in [0.15, 0.2) is 11.5 Å². The zero-order valence-electron chi connectivity index (χ0n) is 13.3. The summed E-state index contributed by atoms with van der Waals surface area (Å²) in [5.74, 6) is 2.74. The van der Waals surface area contributed by atoms with Gasteiger partial charge >= 0.3 is 0 Å². The van der Waals surface area contributed by atoms with E-state index in [2.05, 4.69) is 43.0 Å². The highest BCUT2D eigenvalue weighted by molar-refractivity contribution is 5.48. The summed E-state index contributed by atoms with van der Waals surface area (Å²) in [4.78, 5) is 13.4. The van der Waals surface area contributed by atoms with Gasteiger partial charge in [0.2, 0.25) is 0 Å². The molecule has 0 atom stereocenters. The molecule has 0 bridgehead atoms. The van der Waals surface area contributed by atoms with Crippen LogP contribution in [0.5, 0.6) is 0 Å². The van der Waals surface area contributed by atoms with Crippen molar-refractivity contribution in [3.05, 3.63) is 41.9 Å². The molecule has 0 N–H and O–H groups in total. The lowest BCUT2D eigenvalue weighted by molar-refractivity contribution is 0.631. The van der Waals surface area contributed by atoms with Crippen LogP contribution in [0.15, 0.2) is 30.5 Å². The summed E-state index contributed by atoms with van der Waals surface area (Å²) in [6.07, 6.45) is 1.87. The Kier molecular flexibility index (Phi) is 3.33. The smallest absolute Gasteiger partial charge is 0.176 e. The molecule has 0 unspecified atom stereocenters. The number of fused-ring (bicyclic) bond motifs is 1. The van der Waals surface area contributed by atoms with E-state index < -0.39 is 0 Å². The Hall–Kier alpha value is -2.70. The maximum absolute atomic E-state index is 4.57. The summed E-state index contributed by atoms with van der Waals surface area (Å²) in [6.45, 7) is 7.69. The molecule has 1 saturated heterocycles. The van der Waals surface area contributed by atoms with Crippen molar-refractivity contribution in [1.82, 2.24) is 24.8 Å². The van der Waals surface area contributed by atoms with Crippen LogP contribution in [-0.4, -0.2) is 51.0 Å². The van der Waals surface area contributed by atoms with Crippen LogP contribution in [0.25, 0.3) is 5.65 Å². The minimum Gasteiger partial charge on any atom is -0.353 e. The molecule has 0 amide bonds. The molecule has 0 aromatic carbocycles. The molecule has 118 valence electrons. The zero-order chi connectivity index (χ0) is 15.8. The fourth-order valence-electron chi connectivity index (χ4n) is 2.90. The average molecular weight is 309 g/mol. The number of aryl methyl sites for hydroxylation is 2. The highest BCUT2D eigenvalue weighted by Crippen LogP contribution is 2.18. The van der Waals surface area contributed by atoms with E-state index >= 15 is 0 Å².